The van der Waals surface area contributed by atoms with Crippen LogP contribution in [-0.4, -0.2) is 32.1 Å². The molecule has 0 heterocycles. The van der Waals surface area contributed by atoms with Crippen LogP contribution in [0.2, 0.25) is 0 Å². The molecule has 0 saturated carbocycles. The molecule has 0 radical (unpaired) electrons. The first kappa shape index (κ1) is 22.7. The van der Waals surface area contributed by atoms with Crippen LogP contribution < -0.4 is 19.5 Å². The first-order chi connectivity index (χ1) is 14.5. The highest BCUT2D eigenvalue weighted by Crippen LogP contribution is 2.29. The molecule has 2 aromatic carbocycles. The van der Waals surface area contributed by atoms with Gasteiger partial charge in [-0.15, -0.1) is 6.58 Å². The van der Waals surface area contributed by atoms with E-state index in [2.05, 4.69) is 27.8 Å². The van der Waals surface area contributed by atoms with Crippen LogP contribution in [0.5, 0.6) is 17.2 Å². The summed E-state index contributed by atoms with van der Waals surface area (Å²) in [6.45, 7) is 3.47. The van der Waals surface area contributed by atoms with Gasteiger partial charge in [0, 0.05) is 11.0 Å². The van der Waals surface area contributed by atoms with Crippen molar-refractivity contribution in [3.8, 4) is 23.3 Å². The van der Waals surface area contributed by atoms with E-state index >= 15 is 0 Å². The lowest BCUT2D eigenvalue weighted by Crippen LogP contribution is -2.24. The first-order valence-electron chi connectivity index (χ1n) is 8.74. The first-order valence-corrected chi connectivity index (χ1v) is 9.54. The van der Waals surface area contributed by atoms with E-state index in [4.69, 9.17) is 14.2 Å². The van der Waals surface area contributed by atoms with E-state index in [-0.39, 0.29) is 30.2 Å². The summed E-state index contributed by atoms with van der Waals surface area (Å²) in [5.74, 6) is -0.155. The third kappa shape index (κ3) is 6.79. The van der Waals surface area contributed by atoms with Crippen LogP contribution in [0, 0.1) is 11.3 Å². The lowest BCUT2D eigenvalue weighted by atomic mass is 10.1. The molecule has 0 unspecified atom stereocenters. The molecule has 0 aromatic heterocycles. The van der Waals surface area contributed by atoms with E-state index in [1.54, 1.807) is 30.3 Å². The van der Waals surface area contributed by atoms with Crippen molar-refractivity contribution in [1.29, 1.82) is 5.26 Å². The van der Waals surface area contributed by atoms with Crippen molar-refractivity contribution in [2.24, 2.45) is 0 Å². The monoisotopic (exact) mass is 470 g/mol. The summed E-state index contributed by atoms with van der Waals surface area (Å²) in [4.78, 5) is 24.1. The zero-order chi connectivity index (χ0) is 21.9. The van der Waals surface area contributed by atoms with Gasteiger partial charge in [0.25, 0.3) is 5.91 Å². The number of carbonyl (C=O) groups is 2. The summed E-state index contributed by atoms with van der Waals surface area (Å²) in [6, 6.07) is 13.6. The maximum Gasteiger partial charge on any atom is 0.349 e. The predicted octanol–water partition coefficient (Wildman–Crippen LogP) is 3.65. The Labute approximate surface area is 182 Å². The average Bonchev–Trinajstić information content (AvgIpc) is 2.75. The van der Waals surface area contributed by atoms with E-state index in [0.717, 1.165) is 4.47 Å². The molecule has 8 heteroatoms. The summed E-state index contributed by atoms with van der Waals surface area (Å²) in [5.41, 5.74) is 0.452. The second-order valence-electron chi connectivity index (χ2n) is 5.80. The van der Waals surface area contributed by atoms with Gasteiger partial charge in [-0.3, -0.25) is 4.79 Å². The normalized spacial score (nSPS) is 10.5. The maximum atomic E-state index is 12.1. The molecule has 0 saturated heterocycles. The number of rotatable bonds is 9. The summed E-state index contributed by atoms with van der Waals surface area (Å²) in [7, 11) is 1.42. The van der Waals surface area contributed by atoms with Crippen LogP contribution in [-0.2, 0) is 9.59 Å². The molecule has 0 spiro atoms. The largest absolute Gasteiger partial charge is 0.493 e. The number of nitriles is 1. The van der Waals surface area contributed by atoms with E-state index in [0.29, 0.717) is 11.3 Å². The second-order valence-corrected chi connectivity index (χ2v) is 6.71. The number of amides is 1. The minimum absolute atomic E-state index is 0.0777. The van der Waals surface area contributed by atoms with E-state index in [1.807, 2.05) is 12.1 Å². The van der Waals surface area contributed by atoms with E-state index < -0.39 is 11.9 Å². The van der Waals surface area contributed by atoms with Crippen molar-refractivity contribution in [2.45, 2.75) is 0 Å². The fourth-order valence-electron chi connectivity index (χ4n) is 2.28. The molecule has 0 atom stereocenters. The zero-order valence-electron chi connectivity index (χ0n) is 16.2. The Hall–Kier alpha value is -3.57. The molecule has 30 heavy (non-hydrogen) atoms. The number of hydrogen-bond donors (Lipinski definition) is 1. The molecule has 2 rings (SSSR count). The number of methoxy groups -OCH3 is 1. The standard InChI is InChI=1S/C22H19BrN2O5/c1-3-9-25-22(27)16(13-24)10-15-7-8-19(20(11-15)28-2)30-21(26)14-29-18-6-4-5-17(23)12-18/h3-8,10-12H,1,9,14H2,2H3,(H,25,27)/b16-10-. The highest BCUT2D eigenvalue weighted by Gasteiger charge is 2.13. The Kier molecular flexibility index (Phi) is 8.66. The second kappa shape index (κ2) is 11.4. The zero-order valence-corrected chi connectivity index (χ0v) is 17.8. The van der Waals surface area contributed by atoms with Crippen molar-refractivity contribution in [3.63, 3.8) is 0 Å². The number of nitrogens with zero attached hydrogens (tertiary/aromatic N) is 1. The molecule has 2 aromatic rings. The number of esters is 1. The topological polar surface area (TPSA) is 97.7 Å². The van der Waals surface area contributed by atoms with Crippen LogP contribution in [0.25, 0.3) is 6.08 Å². The number of benzene rings is 2. The van der Waals surface area contributed by atoms with Gasteiger partial charge in [0.1, 0.15) is 17.4 Å². The van der Waals surface area contributed by atoms with Gasteiger partial charge in [-0.25, -0.2) is 4.79 Å². The molecule has 0 bridgehead atoms. The molecule has 0 aliphatic heterocycles. The van der Waals surface area contributed by atoms with Crippen molar-refractivity contribution < 1.29 is 23.8 Å². The van der Waals surface area contributed by atoms with E-state index in [1.165, 1.54) is 25.3 Å². The van der Waals surface area contributed by atoms with Crippen LogP contribution in [0.15, 0.2) is 65.2 Å². The van der Waals surface area contributed by atoms with Gasteiger partial charge in [-0.2, -0.15) is 5.26 Å². The molecule has 0 fully saturated rings. The van der Waals surface area contributed by atoms with Crippen molar-refractivity contribution in [3.05, 3.63) is 70.7 Å². The Morgan fingerprint density at radius 3 is 2.70 bits per heavy atom. The highest BCUT2D eigenvalue weighted by atomic mass is 79.9. The van der Waals surface area contributed by atoms with Gasteiger partial charge in [0.2, 0.25) is 0 Å². The van der Waals surface area contributed by atoms with E-state index in [9.17, 15) is 14.9 Å². The summed E-state index contributed by atoms with van der Waals surface area (Å²) in [6.07, 6.45) is 2.92. The fourth-order valence-corrected chi connectivity index (χ4v) is 2.66. The van der Waals surface area contributed by atoms with Gasteiger partial charge < -0.3 is 19.5 Å². The van der Waals surface area contributed by atoms with Gasteiger partial charge in [0.15, 0.2) is 18.1 Å². The number of nitrogens with one attached hydrogen (secondary N) is 1. The Bertz CT molecular complexity index is 1010. The summed E-state index contributed by atoms with van der Waals surface area (Å²) >= 11 is 3.32. The molecule has 1 amide bonds. The molecule has 7 nitrogen and oxygen atoms in total. The van der Waals surface area contributed by atoms with Crippen LogP contribution in [0.3, 0.4) is 0 Å². The van der Waals surface area contributed by atoms with Crippen molar-refractivity contribution >= 4 is 33.9 Å². The summed E-state index contributed by atoms with van der Waals surface area (Å²) < 4.78 is 16.8. The minimum Gasteiger partial charge on any atom is -0.493 e. The van der Waals surface area contributed by atoms with Crippen molar-refractivity contribution in [1.82, 2.24) is 5.32 Å². The minimum atomic E-state index is -0.613. The number of hydrogen-bond acceptors (Lipinski definition) is 6. The Morgan fingerprint density at radius 1 is 1.23 bits per heavy atom. The quantitative estimate of drug-likeness (QED) is 0.197. The smallest absolute Gasteiger partial charge is 0.349 e. The summed E-state index contributed by atoms with van der Waals surface area (Å²) in [5, 5.41) is 11.7. The SMILES string of the molecule is C=CCNC(=O)/C(C#N)=C\c1ccc(OC(=O)COc2cccc(Br)c2)c(OC)c1. The average molecular weight is 471 g/mol. The van der Waals surface area contributed by atoms with Crippen LogP contribution in [0.1, 0.15) is 5.56 Å². The molecular weight excluding hydrogens is 452 g/mol. The van der Waals surface area contributed by atoms with Crippen LogP contribution >= 0.6 is 15.9 Å². The molecule has 0 aliphatic carbocycles. The van der Waals surface area contributed by atoms with Gasteiger partial charge in [0.05, 0.1) is 7.11 Å². The molecule has 1 N–H and O–H groups in total. The van der Waals surface area contributed by atoms with Crippen molar-refractivity contribution in [2.75, 3.05) is 20.3 Å². The molecule has 0 aliphatic rings. The molecule has 154 valence electrons. The fraction of sp³-hybridized carbons (Fsp3) is 0.136. The van der Waals surface area contributed by atoms with Crippen LogP contribution in [0.4, 0.5) is 0 Å². The lowest BCUT2D eigenvalue weighted by molar-refractivity contribution is -0.136. The molecular formula is C22H19BrN2O5. The highest BCUT2D eigenvalue weighted by molar-refractivity contribution is 9.10. The third-order valence-electron chi connectivity index (χ3n) is 3.65. The third-order valence-corrected chi connectivity index (χ3v) is 4.14. The number of carbonyl (C=O) groups excluding carboxylic acids is 2. The number of halogens is 1. The Morgan fingerprint density at radius 2 is 2.03 bits per heavy atom. The Balaban J connectivity index is 2.08. The lowest BCUT2D eigenvalue weighted by Gasteiger charge is -2.11. The number of ether oxygens (including phenoxy) is 3. The predicted molar refractivity (Wildman–Crippen MR) is 115 cm³/mol. The van der Waals surface area contributed by atoms with Gasteiger partial charge >= 0.3 is 5.97 Å². The van der Waals surface area contributed by atoms with Gasteiger partial charge in [-0.1, -0.05) is 34.1 Å². The van der Waals surface area contributed by atoms with Gasteiger partial charge in [-0.05, 0) is 42.0 Å². The maximum absolute atomic E-state index is 12.1.